The Balaban J connectivity index is 1.73. The smallest absolute Gasteiger partial charge is 0.119 e. The third-order valence-corrected chi connectivity index (χ3v) is 5.89. The molecule has 2 nitrogen and oxygen atoms in total. The summed E-state index contributed by atoms with van der Waals surface area (Å²) in [7, 11) is 1.69. The van der Waals surface area contributed by atoms with Crippen molar-refractivity contribution in [1.82, 2.24) is 0 Å². The Bertz CT molecular complexity index is 434. The average Bonchev–Trinajstić information content (AvgIpc) is 2.37. The summed E-state index contributed by atoms with van der Waals surface area (Å²) in [4.78, 5) is 0. The molecule has 2 saturated heterocycles. The summed E-state index contributed by atoms with van der Waals surface area (Å²) in [6.07, 6.45) is 6.56. The van der Waals surface area contributed by atoms with Crippen LogP contribution in [0.25, 0.3) is 0 Å². The van der Waals surface area contributed by atoms with E-state index < -0.39 is 5.60 Å². The Morgan fingerprint density at radius 1 is 1.32 bits per heavy atom. The van der Waals surface area contributed by atoms with Crippen LogP contribution in [0.3, 0.4) is 0 Å². The fourth-order valence-corrected chi connectivity index (χ4v) is 5.48. The lowest BCUT2D eigenvalue weighted by Gasteiger charge is -2.44. The minimum Gasteiger partial charge on any atom is -0.497 e. The Morgan fingerprint density at radius 3 is 2.74 bits per heavy atom. The monoisotopic (exact) mass is 278 g/mol. The van der Waals surface area contributed by atoms with Crippen LogP contribution in [0, 0.1) is 0 Å². The number of aliphatic hydroxyl groups is 1. The second-order valence-electron chi connectivity index (χ2n) is 5.97. The van der Waals surface area contributed by atoms with Crippen LogP contribution in [-0.4, -0.2) is 28.3 Å². The minimum atomic E-state index is -0.507. The van der Waals surface area contributed by atoms with Crippen LogP contribution in [0.1, 0.15) is 37.7 Å². The van der Waals surface area contributed by atoms with Gasteiger partial charge in [-0.05, 0) is 43.4 Å². The molecule has 1 aromatic carbocycles. The van der Waals surface area contributed by atoms with E-state index in [4.69, 9.17) is 4.74 Å². The van der Waals surface area contributed by atoms with E-state index in [1.54, 1.807) is 7.11 Å². The largest absolute Gasteiger partial charge is 0.497 e. The van der Waals surface area contributed by atoms with E-state index in [1.165, 1.54) is 24.8 Å². The highest BCUT2D eigenvalue weighted by atomic mass is 32.2. The Hall–Kier alpha value is -0.670. The van der Waals surface area contributed by atoms with Crippen molar-refractivity contribution in [3.05, 3.63) is 29.8 Å². The van der Waals surface area contributed by atoms with E-state index in [0.29, 0.717) is 10.5 Å². The molecule has 0 saturated carbocycles. The van der Waals surface area contributed by atoms with Crippen LogP contribution in [0.2, 0.25) is 0 Å². The molecule has 0 radical (unpaired) electrons. The summed E-state index contributed by atoms with van der Waals surface area (Å²) >= 11 is 2.11. The van der Waals surface area contributed by atoms with E-state index in [2.05, 4.69) is 23.9 Å². The highest BCUT2D eigenvalue weighted by Gasteiger charge is 2.41. The van der Waals surface area contributed by atoms with Crippen molar-refractivity contribution in [2.75, 3.05) is 7.11 Å². The predicted molar refractivity (Wildman–Crippen MR) is 79.9 cm³/mol. The number of ether oxygens (including phenoxy) is 1. The van der Waals surface area contributed by atoms with Crippen LogP contribution in [-0.2, 0) is 6.42 Å². The summed E-state index contributed by atoms with van der Waals surface area (Å²) in [6.45, 7) is 0. The standard InChI is InChI=1S/C16H22O2S/c1-18-13-5-2-4-12(8-13)9-16(17)10-14-6-3-7-15(11-16)19-14/h2,4-5,8,14-15,17H,3,6-7,9-11H2,1H3. The molecule has 2 fully saturated rings. The average molecular weight is 278 g/mol. The van der Waals surface area contributed by atoms with Crippen LogP contribution >= 0.6 is 11.8 Å². The van der Waals surface area contributed by atoms with E-state index in [1.807, 2.05) is 12.1 Å². The van der Waals surface area contributed by atoms with Gasteiger partial charge >= 0.3 is 0 Å². The van der Waals surface area contributed by atoms with Gasteiger partial charge in [-0.1, -0.05) is 18.6 Å². The van der Waals surface area contributed by atoms with Crippen LogP contribution in [0.5, 0.6) is 5.75 Å². The second kappa shape index (κ2) is 5.37. The molecule has 0 amide bonds. The summed E-state index contributed by atoms with van der Waals surface area (Å²) in [5.41, 5.74) is 0.680. The lowest BCUT2D eigenvalue weighted by Crippen LogP contribution is -2.44. The molecule has 2 aliphatic heterocycles. The Kier molecular flexibility index (Phi) is 3.77. The van der Waals surface area contributed by atoms with Gasteiger partial charge < -0.3 is 9.84 Å². The van der Waals surface area contributed by atoms with Crippen molar-refractivity contribution >= 4 is 11.8 Å². The first-order valence-electron chi connectivity index (χ1n) is 7.18. The maximum absolute atomic E-state index is 10.9. The van der Waals surface area contributed by atoms with Crippen molar-refractivity contribution in [2.24, 2.45) is 0 Å². The molecular weight excluding hydrogens is 256 g/mol. The first-order valence-corrected chi connectivity index (χ1v) is 8.12. The topological polar surface area (TPSA) is 29.5 Å². The second-order valence-corrected chi connectivity index (χ2v) is 7.58. The molecule has 0 aromatic heterocycles. The molecule has 19 heavy (non-hydrogen) atoms. The maximum Gasteiger partial charge on any atom is 0.119 e. The predicted octanol–water partition coefficient (Wildman–Crippen LogP) is 3.42. The molecule has 2 atom stereocenters. The fourth-order valence-electron chi connectivity index (χ4n) is 3.52. The summed E-state index contributed by atoms with van der Waals surface area (Å²) in [6, 6.07) is 8.11. The third-order valence-electron chi connectivity index (χ3n) is 4.32. The normalized spacial score (nSPS) is 34.0. The zero-order chi connectivity index (χ0) is 13.3. The molecule has 2 aliphatic rings. The minimum absolute atomic E-state index is 0.507. The van der Waals surface area contributed by atoms with Gasteiger partial charge in [0, 0.05) is 16.9 Å². The van der Waals surface area contributed by atoms with Crippen molar-refractivity contribution in [3.63, 3.8) is 0 Å². The van der Waals surface area contributed by atoms with Gasteiger partial charge in [0.1, 0.15) is 5.75 Å². The van der Waals surface area contributed by atoms with Gasteiger partial charge in [0.25, 0.3) is 0 Å². The van der Waals surface area contributed by atoms with Crippen molar-refractivity contribution in [2.45, 2.75) is 54.6 Å². The molecule has 2 unspecified atom stereocenters. The van der Waals surface area contributed by atoms with Crippen LogP contribution in [0.4, 0.5) is 0 Å². The summed E-state index contributed by atoms with van der Waals surface area (Å²) < 4.78 is 5.27. The highest BCUT2D eigenvalue weighted by Crippen LogP contribution is 2.46. The Labute approximate surface area is 119 Å². The summed E-state index contributed by atoms with van der Waals surface area (Å²) in [5.74, 6) is 0.881. The first kappa shape index (κ1) is 13.3. The molecule has 1 aromatic rings. The molecular formula is C16H22O2S. The molecule has 1 N–H and O–H groups in total. The van der Waals surface area contributed by atoms with Gasteiger partial charge in [-0.2, -0.15) is 11.8 Å². The van der Waals surface area contributed by atoms with Gasteiger partial charge in [-0.15, -0.1) is 0 Å². The number of thioether (sulfide) groups is 1. The molecule has 3 rings (SSSR count). The van der Waals surface area contributed by atoms with E-state index in [9.17, 15) is 5.11 Å². The molecule has 104 valence electrons. The van der Waals surface area contributed by atoms with Gasteiger partial charge in [0.15, 0.2) is 0 Å². The lowest BCUT2D eigenvalue weighted by atomic mass is 9.81. The zero-order valence-electron chi connectivity index (χ0n) is 11.5. The number of hydrogen-bond donors (Lipinski definition) is 1. The fraction of sp³-hybridized carbons (Fsp3) is 0.625. The first-order chi connectivity index (χ1) is 9.17. The molecule has 3 heteroatoms. The molecule has 0 aliphatic carbocycles. The molecule has 0 spiro atoms. The molecule has 2 heterocycles. The van der Waals surface area contributed by atoms with Crippen molar-refractivity contribution in [1.29, 1.82) is 0 Å². The Morgan fingerprint density at radius 2 is 2.05 bits per heavy atom. The van der Waals surface area contributed by atoms with Gasteiger partial charge in [-0.25, -0.2) is 0 Å². The van der Waals surface area contributed by atoms with Gasteiger partial charge in [0.05, 0.1) is 12.7 Å². The maximum atomic E-state index is 10.9. The van der Waals surface area contributed by atoms with Crippen molar-refractivity contribution in [3.8, 4) is 5.75 Å². The van der Waals surface area contributed by atoms with Gasteiger partial charge in [-0.3, -0.25) is 0 Å². The number of hydrogen-bond acceptors (Lipinski definition) is 3. The lowest BCUT2D eigenvalue weighted by molar-refractivity contribution is 0.0130. The van der Waals surface area contributed by atoms with E-state index in [-0.39, 0.29) is 0 Å². The SMILES string of the molecule is COc1cccc(CC2(O)CC3CCCC(C2)S3)c1. The quantitative estimate of drug-likeness (QED) is 0.918. The number of fused-ring (bicyclic) bond motifs is 2. The van der Waals surface area contributed by atoms with Gasteiger partial charge in [0.2, 0.25) is 0 Å². The zero-order valence-corrected chi connectivity index (χ0v) is 12.3. The third kappa shape index (κ3) is 3.09. The van der Waals surface area contributed by atoms with Crippen molar-refractivity contribution < 1.29 is 9.84 Å². The molecule has 2 bridgehead atoms. The van der Waals surface area contributed by atoms with Crippen LogP contribution < -0.4 is 4.74 Å². The van der Waals surface area contributed by atoms with E-state index >= 15 is 0 Å². The number of rotatable bonds is 3. The summed E-state index contributed by atoms with van der Waals surface area (Å²) in [5, 5.41) is 12.3. The number of methoxy groups -OCH3 is 1. The van der Waals surface area contributed by atoms with E-state index in [0.717, 1.165) is 25.0 Å². The van der Waals surface area contributed by atoms with Crippen LogP contribution in [0.15, 0.2) is 24.3 Å². The number of benzene rings is 1. The highest BCUT2D eigenvalue weighted by molar-refractivity contribution is 8.00.